The molecule has 0 saturated heterocycles. The van der Waals surface area contributed by atoms with Crippen LogP contribution in [0.15, 0.2) is 53.3 Å². The van der Waals surface area contributed by atoms with Crippen molar-refractivity contribution in [1.29, 1.82) is 0 Å². The molecule has 0 unspecified atom stereocenters. The molecule has 3 heterocycles. The summed E-state index contributed by atoms with van der Waals surface area (Å²) >= 11 is 0. The number of benzene rings is 1. The van der Waals surface area contributed by atoms with Crippen LogP contribution in [-0.4, -0.2) is 44.9 Å². The minimum atomic E-state index is -1.16. The Labute approximate surface area is 175 Å². The number of rotatable bonds is 8. The smallest absolute Gasteiger partial charge is 0.274 e. The van der Waals surface area contributed by atoms with Crippen LogP contribution in [-0.2, 0) is 11.3 Å². The molecule has 4 aromatic rings. The molecule has 1 N–H and O–H groups in total. The fourth-order valence-corrected chi connectivity index (χ4v) is 2.93. The van der Waals surface area contributed by atoms with Gasteiger partial charge in [0.05, 0.1) is 6.20 Å². The molecule has 4 rings (SSSR count). The molecule has 1 amide bonds. The van der Waals surface area contributed by atoms with Crippen LogP contribution in [0.4, 0.5) is 14.5 Å². The molecule has 3 aromatic heterocycles. The molecule has 0 aliphatic carbocycles. The highest BCUT2D eigenvalue weighted by molar-refractivity contribution is 6.04. The van der Waals surface area contributed by atoms with Gasteiger partial charge in [-0.25, -0.2) is 13.8 Å². The summed E-state index contributed by atoms with van der Waals surface area (Å²) in [5, 5.41) is 6.76. The van der Waals surface area contributed by atoms with Crippen molar-refractivity contribution in [2.24, 2.45) is 0 Å². The normalized spacial score (nSPS) is 11.4. The summed E-state index contributed by atoms with van der Waals surface area (Å²) in [6.07, 6.45) is 2.12. The van der Waals surface area contributed by atoms with Crippen molar-refractivity contribution in [1.82, 2.24) is 19.5 Å². The molecule has 0 aliphatic rings. The predicted octanol–water partition coefficient (Wildman–Crippen LogP) is 3.77. The fourth-order valence-electron chi connectivity index (χ4n) is 2.93. The Morgan fingerprint density at radius 2 is 2.10 bits per heavy atom. The number of anilines is 1. The Morgan fingerprint density at radius 1 is 1.26 bits per heavy atom. The summed E-state index contributed by atoms with van der Waals surface area (Å²) in [6, 6.07) is 10.8. The number of aryl methyl sites for hydroxylation is 1. The van der Waals surface area contributed by atoms with Crippen LogP contribution in [0.25, 0.3) is 17.0 Å². The van der Waals surface area contributed by atoms with E-state index in [0.717, 1.165) is 5.56 Å². The third-order valence-electron chi connectivity index (χ3n) is 4.65. The summed E-state index contributed by atoms with van der Waals surface area (Å²) < 4.78 is 36.9. The summed E-state index contributed by atoms with van der Waals surface area (Å²) in [5.74, 6) is 0.0457. The quantitative estimate of drug-likeness (QED) is 0.460. The van der Waals surface area contributed by atoms with Crippen LogP contribution >= 0.6 is 0 Å². The van der Waals surface area contributed by atoms with Gasteiger partial charge in [-0.2, -0.15) is 4.98 Å². The Hall–Kier alpha value is -3.66. The predicted molar refractivity (Wildman–Crippen MR) is 108 cm³/mol. The van der Waals surface area contributed by atoms with E-state index in [1.807, 2.05) is 31.2 Å². The van der Waals surface area contributed by atoms with Gasteiger partial charge in [-0.1, -0.05) is 23.4 Å². The molecular formula is C21H19F2N5O3. The molecule has 0 aliphatic heterocycles. The maximum Gasteiger partial charge on any atom is 0.274 e. The number of imidazole rings is 1. The molecule has 31 heavy (non-hydrogen) atoms. The van der Waals surface area contributed by atoms with Gasteiger partial charge in [0.25, 0.3) is 11.8 Å². The monoisotopic (exact) mass is 427 g/mol. The number of aromatic nitrogens is 4. The number of fused-ring (bicyclic) bond motifs is 1. The Kier molecular flexibility index (Phi) is 5.99. The van der Waals surface area contributed by atoms with Gasteiger partial charge in [0.15, 0.2) is 0 Å². The van der Waals surface area contributed by atoms with Crippen molar-refractivity contribution >= 4 is 17.2 Å². The zero-order chi connectivity index (χ0) is 21.8. The standard InChI is InChI=1S/C21H19F2N5O3/c1-13-5-6-14(20-26-19(31-27-20)12-30-15(9-22)10-23)8-16(13)25-21(29)17-11-24-18-4-2-3-7-28(17)18/h2-8,11,15H,9-10,12H2,1H3,(H,25,29). The first-order valence-electron chi connectivity index (χ1n) is 9.49. The van der Waals surface area contributed by atoms with Crippen molar-refractivity contribution in [2.75, 3.05) is 18.7 Å². The summed E-state index contributed by atoms with van der Waals surface area (Å²) in [6.45, 7) is -0.220. The van der Waals surface area contributed by atoms with Crippen LogP contribution < -0.4 is 5.32 Å². The number of halogens is 2. The third kappa shape index (κ3) is 4.43. The van der Waals surface area contributed by atoms with E-state index >= 15 is 0 Å². The van der Waals surface area contributed by atoms with Crippen LogP contribution in [0.1, 0.15) is 21.9 Å². The second-order valence-corrected chi connectivity index (χ2v) is 6.81. The Balaban J connectivity index is 1.52. The summed E-state index contributed by atoms with van der Waals surface area (Å²) in [7, 11) is 0. The molecule has 160 valence electrons. The number of carbonyl (C=O) groups is 1. The SMILES string of the molecule is Cc1ccc(-c2noc(COC(CF)CF)n2)cc1NC(=O)c1cnc2ccccn12. The van der Waals surface area contributed by atoms with Crippen LogP contribution in [0.5, 0.6) is 0 Å². The second kappa shape index (κ2) is 9.00. The first kappa shape index (κ1) is 20.6. The van der Waals surface area contributed by atoms with Crippen LogP contribution in [0, 0.1) is 6.92 Å². The topological polar surface area (TPSA) is 94.5 Å². The van der Waals surface area contributed by atoms with E-state index in [9.17, 15) is 13.6 Å². The summed E-state index contributed by atoms with van der Waals surface area (Å²) in [5.41, 5.74) is 3.08. The number of alkyl halides is 2. The van der Waals surface area contributed by atoms with Crippen LogP contribution in [0.2, 0.25) is 0 Å². The molecule has 8 nitrogen and oxygen atoms in total. The fraction of sp³-hybridized carbons (Fsp3) is 0.238. The van der Waals surface area contributed by atoms with Crippen molar-refractivity contribution < 1.29 is 22.8 Å². The molecule has 0 fully saturated rings. The van der Waals surface area contributed by atoms with E-state index < -0.39 is 19.5 Å². The number of carbonyl (C=O) groups excluding carboxylic acids is 1. The Morgan fingerprint density at radius 3 is 2.90 bits per heavy atom. The van der Waals surface area contributed by atoms with Crippen LogP contribution in [0.3, 0.4) is 0 Å². The van der Waals surface area contributed by atoms with Gasteiger partial charge >= 0.3 is 0 Å². The van der Waals surface area contributed by atoms with Crippen molar-refractivity contribution in [3.63, 3.8) is 0 Å². The highest BCUT2D eigenvalue weighted by Gasteiger charge is 2.16. The highest BCUT2D eigenvalue weighted by Crippen LogP contribution is 2.24. The van der Waals surface area contributed by atoms with E-state index in [1.54, 1.807) is 22.7 Å². The minimum Gasteiger partial charge on any atom is -0.363 e. The van der Waals surface area contributed by atoms with Gasteiger partial charge in [-0.15, -0.1) is 0 Å². The maximum atomic E-state index is 12.8. The van der Waals surface area contributed by atoms with Gasteiger partial charge in [0.1, 0.15) is 37.4 Å². The van der Waals surface area contributed by atoms with E-state index in [2.05, 4.69) is 20.4 Å². The van der Waals surface area contributed by atoms with Gasteiger partial charge in [-0.3, -0.25) is 9.20 Å². The molecule has 0 spiro atoms. The highest BCUT2D eigenvalue weighted by atomic mass is 19.1. The largest absolute Gasteiger partial charge is 0.363 e. The maximum absolute atomic E-state index is 12.8. The first-order chi connectivity index (χ1) is 15.1. The van der Waals surface area contributed by atoms with E-state index in [4.69, 9.17) is 9.26 Å². The molecule has 0 atom stereocenters. The molecule has 0 bridgehead atoms. The van der Waals surface area contributed by atoms with E-state index in [1.165, 1.54) is 6.20 Å². The average Bonchev–Trinajstić information content (AvgIpc) is 3.43. The number of hydrogen-bond acceptors (Lipinski definition) is 6. The number of pyridine rings is 1. The first-order valence-corrected chi connectivity index (χ1v) is 9.49. The number of nitrogens with zero attached hydrogens (tertiary/aromatic N) is 4. The molecule has 0 saturated carbocycles. The zero-order valence-electron chi connectivity index (χ0n) is 16.6. The number of nitrogens with one attached hydrogen (secondary N) is 1. The van der Waals surface area contributed by atoms with Crippen molar-refractivity contribution in [3.05, 3.63) is 65.9 Å². The zero-order valence-corrected chi connectivity index (χ0v) is 16.6. The summed E-state index contributed by atoms with van der Waals surface area (Å²) in [4.78, 5) is 21.2. The van der Waals surface area contributed by atoms with E-state index in [0.29, 0.717) is 22.6 Å². The van der Waals surface area contributed by atoms with Gasteiger partial charge in [0, 0.05) is 17.4 Å². The lowest BCUT2D eigenvalue weighted by molar-refractivity contribution is -0.00206. The lowest BCUT2D eigenvalue weighted by Crippen LogP contribution is -2.17. The minimum absolute atomic E-state index is 0.0961. The second-order valence-electron chi connectivity index (χ2n) is 6.81. The molecular weight excluding hydrogens is 408 g/mol. The lowest BCUT2D eigenvalue weighted by Gasteiger charge is -2.09. The molecule has 1 aromatic carbocycles. The van der Waals surface area contributed by atoms with Gasteiger partial charge in [-0.05, 0) is 30.7 Å². The van der Waals surface area contributed by atoms with Gasteiger partial charge < -0.3 is 14.6 Å². The van der Waals surface area contributed by atoms with Crippen molar-refractivity contribution in [2.45, 2.75) is 19.6 Å². The Bertz CT molecular complexity index is 1200. The number of ether oxygens (including phenoxy) is 1. The molecule has 10 heteroatoms. The lowest BCUT2D eigenvalue weighted by atomic mass is 10.1. The average molecular weight is 427 g/mol. The van der Waals surface area contributed by atoms with E-state index in [-0.39, 0.29) is 24.2 Å². The molecule has 0 radical (unpaired) electrons. The third-order valence-corrected chi connectivity index (χ3v) is 4.65. The van der Waals surface area contributed by atoms with Crippen molar-refractivity contribution in [3.8, 4) is 11.4 Å². The number of hydrogen-bond donors (Lipinski definition) is 1. The number of amides is 1. The van der Waals surface area contributed by atoms with Gasteiger partial charge in [0.2, 0.25) is 5.82 Å².